The Kier molecular flexibility index (Phi) is 31.1. The summed E-state index contributed by atoms with van der Waals surface area (Å²) in [5.41, 5.74) is 0. The van der Waals surface area contributed by atoms with Gasteiger partial charge in [0.15, 0.2) is 0 Å². The van der Waals surface area contributed by atoms with Crippen LogP contribution in [0.25, 0.3) is 0 Å². The van der Waals surface area contributed by atoms with Crippen LogP contribution in [0.2, 0.25) is 0 Å². The van der Waals surface area contributed by atoms with Gasteiger partial charge in [-0.1, -0.05) is 122 Å². The molecule has 4 heteroatoms. The van der Waals surface area contributed by atoms with Gasteiger partial charge in [0.2, 0.25) is 0 Å². The normalized spacial score (nSPS) is 12.6. The molecule has 0 bridgehead atoms. The van der Waals surface area contributed by atoms with Crippen molar-refractivity contribution in [2.75, 3.05) is 19.8 Å². The predicted molar refractivity (Wildman–Crippen MR) is 164 cm³/mol. The van der Waals surface area contributed by atoms with E-state index in [4.69, 9.17) is 9.47 Å². The number of hydrogen-bond acceptors (Lipinski definition) is 4. The predicted octanol–water partition coefficient (Wildman–Crippen LogP) is 10.0. The summed E-state index contributed by atoms with van der Waals surface area (Å²) in [7, 11) is 0. The second-order valence-electron chi connectivity index (χ2n) is 10.9. The zero-order valence-corrected chi connectivity index (χ0v) is 25.4. The van der Waals surface area contributed by atoms with Gasteiger partial charge < -0.3 is 14.6 Å². The second kappa shape index (κ2) is 32.1. The number of carbonyl (C=O) groups excluding carboxylic acids is 1. The van der Waals surface area contributed by atoms with Crippen LogP contribution in [0.4, 0.5) is 0 Å². The van der Waals surface area contributed by atoms with E-state index in [-0.39, 0.29) is 12.6 Å². The third-order valence-corrected chi connectivity index (χ3v) is 6.98. The Balaban J connectivity index is 3.45. The van der Waals surface area contributed by atoms with Crippen LogP contribution in [0.15, 0.2) is 24.3 Å². The van der Waals surface area contributed by atoms with Gasteiger partial charge in [-0.05, 0) is 57.8 Å². The summed E-state index contributed by atoms with van der Waals surface area (Å²) in [6.45, 7) is 5.26. The lowest BCUT2D eigenvalue weighted by Gasteiger charge is -2.15. The van der Waals surface area contributed by atoms with Gasteiger partial charge in [0.1, 0.15) is 6.10 Å². The highest BCUT2D eigenvalue weighted by molar-refractivity contribution is 5.69. The number of unbranched alkanes of at least 4 members (excludes halogenated alkanes) is 18. The molecule has 0 aromatic rings. The third kappa shape index (κ3) is 29.4. The highest BCUT2D eigenvalue weighted by atomic mass is 16.6. The average Bonchev–Trinajstić information content (AvgIpc) is 2.92. The molecule has 0 amide bonds. The Bertz CT molecular complexity index is 529. The molecule has 0 aromatic heterocycles. The van der Waals surface area contributed by atoms with E-state index < -0.39 is 6.10 Å². The fourth-order valence-corrected chi connectivity index (χ4v) is 4.50. The number of aliphatic hydroxyl groups excluding tert-OH is 1. The number of ether oxygens (including phenoxy) is 2. The van der Waals surface area contributed by atoms with Crippen LogP contribution in [0.1, 0.15) is 162 Å². The maximum absolute atomic E-state index is 12.0. The maximum Gasteiger partial charge on any atom is 0.306 e. The molecule has 0 fully saturated rings. The van der Waals surface area contributed by atoms with Gasteiger partial charge in [-0.2, -0.15) is 0 Å². The molecule has 0 heterocycles. The Morgan fingerprint density at radius 1 is 0.605 bits per heavy atom. The smallest absolute Gasteiger partial charge is 0.306 e. The van der Waals surface area contributed by atoms with Crippen molar-refractivity contribution in [3.63, 3.8) is 0 Å². The highest BCUT2D eigenvalue weighted by Gasteiger charge is 2.13. The maximum atomic E-state index is 12.0. The topological polar surface area (TPSA) is 55.8 Å². The summed E-state index contributed by atoms with van der Waals surface area (Å²) in [5.74, 6) is -0.215. The lowest BCUT2D eigenvalue weighted by molar-refractivity contribution is -0.154. The first-order valence-corrected chi connectivity index (χ1v) is 16.4. The number of carbonyl (C=O) groups is 1. The number of aliphatic hydroxyl groups is 1. The van der Waals surface area contributed by atoms with E-state index in [1.54, 1.807) is 0 Å². The molecule has 224 valence electrons. The van der Waals surface area contributed by atoms with Gasteiger partial charge in [0, 0.05) is 13.0 Å². The van der Waals surface area contributed by atoms with Crippen LogP contribution in [0.5, 0.6) is 0 Å². The lowest BCUT2D eigenvalue weighted by atomic mass is 10.1. The standard InChI is InChI=1S/C34H64O4/c1-3-5-7-9-11-13-15-16-17-18-19-20-22-24-26-28-30-37-32-33(31-35)38-34(36)29-27-25-23-21-14-12-10-8-6-4-2/h8,10,16-17,33,35H,3-7,9,11-15,18-32H2,1-2H3/b10-8-,17-16-. The molecule has 0 aliphatic heterocycles. The van der Waals surface area contributed by atoms with Crippen LogP contribution in [0, 0.1) is 0 Å². The molecular weight excluding hydrogens is 472 g/mol. The van der Waals surface area contributed by atoms with Crippen LogP contribution >= 0.6 is 0 Å². The van der Waals surface area contributed by atoms with Crippen molar-refractivity contribution < 1.29 is 19.4 Å². The summed E-state index contributed by atoms with van der Waals surface area (Å²) in [6.07, 6.45) is 36.4. The zero-order chi connectivity index (χ0) is 27.8. The first kappa shape index (κ1) is 36.9. The number of allylic oxidation sites excluding steroid dienone is 4. The van der Waals surface area contributed by atoms with E-state index in [1.807, 2.05) is 0 Å². The van der Waals surface area contributed by atoms with Crippen molar-refractivity contribution in [1.29, 1.82) is 0 Å². The van der Waals surface area contributed by atoms with E-state index in [1.165, 1.54) is 109 Å². The monoisotopic (exact) mass is 536 g/mol. The van der Waals surface area contributed by atoms with Crippen molar-refractivity contribution in [2.45, 2.75) is 168 Å². The van der Waals surface area contributed by atoms with E-state index >= 15 is 0 Å². The highest BCUT2D eigenvalue weighted by Crippen LogP contribution is 2.11. The van der Waals surface area contributed by atoms with Crippen LogP contribution in [-0.2, 0) is 14.3 Å². The Morgan fingerprint density at radius 2 is 1.08 bits per heavy atom. The summed E-state index contributed by atoms with van der Waals surface area (Å²) < 4.78 is 11.0. The first-order valence-electron chi connectivity index (χ1n) is 16.4. The number of rotatable bonds is 30. The number of esters is 1. The summed E-state index contributed by atoms with van der Waals surface area (Å²) in [5, 5.41) is 9.50. The van der Waals surface area contributed by atoms with E-state index in [9.17, 15) is 9.90 Å². The van der Waals surface area contributed by atoms with Gasteiger partial charge >= 0.3 is 5.97 Å². The molecule has 0 aromatic carbocycles. The molecule has 1 unspecified atom stereocenters. The Morgan fingerprint density at radius 3 is 1.61 bits per heavy atom. The zero-order valence-electron chi connectivity index (χ0n) is 25.4. The summed E-state index contributed by atoms with van der Waals surface area (Å²) >= 11 is 0. The Labute approximate surface area is 237 Å². The van der Waals surface area contributed by atoms with Gasteiger partial charge in [0.25, 0.3) is 0 Å². The fraction of sp³-hybridized carbons (Fsp3) is 0.853. The largest absolute Gasteiger partial charge is 0.457 e. The first-order chi connectivity index (χ1) is 18.7. The minimum absolute atomic E-state index is 0.176. The molecule has 1 atom stereocenters. The molecule has 1 N–H and O–H groups in total. The van der Waals surface area contributed by atoms with Gasteiger partial charge in [0.05, 0.1) is 13.2 Å². The van der Waals surface area contributed by atoms with Crippen molar-refractivity contribution in [3.8, 4) is 0 Å². The molecule has 0 spiro atoms. The third-order valence-electron chi connectivity index (χ3n) is 6.98. The minimum atomic E-state index is -0.536. The lowest BCUT2D eigenvalue weighted by Crippen LogP contribution is -2.27. The summed E-state index contributed by atoms with van der Waals surface area (Å²) in [6, 6.07) is 0. The van der Waals surface area contributed by atoms with E-state index in [0.717, 1.165) is 32.1 Å². The molecule has 38 heavy (non-hydrogen) atoms. The second-order valence-corrected chi connectivity index (χ2v) is 10.9. The van der Waals surface area contributed by atoms with Crippen molar-refractivity contribution >= 4 is 5.97 Å². The molecule has 0 saturated carbocycles. The molecule has 4 nitrogen and oxygen atoms in total. The SMILES string of the molecule is CCC/C=C\CCCCCCCC(=O)OC(CO)COCCCCCCCC/C=C\CCCCCCCC. The summed E-state index contributed by atoms with van der Waals surface area (Å²) in [4.78, 5) is 12.0. The minimum Gasteiger partial charge on any atom is -0.457 e. The van der Waals surface area contributed by atoms with Crippen molar-refractivity contribution in [1.82, 2.24) is 0 Å². The molecule has 0 radical (unpaired) electrons. The van der Waals surface area contributed by atoms with E-state index in [0.29, 0.717) is 19.6 Å². The molecule has 0 rings (SSSR count). The van der Waals surface area contributed by atoms with Crippen molar-refractivity contribution in [3.05, 3.63) is 24.3 Å². The quantitative estimate of drug-likeness (QED) is 0.0563. The van der Waals surface area contributed by atoms with Gasteiger partial charge in [-0.3, -0.25) is 4.79 Å². The van der Waals surface area contributed by atoms with Crippen molar-refractivity contribution in [2.24, 2.45) is 0 Å². The van der Waals surface area contributed by atoms with Crippen LogP contribution < -0.4 is 0 Å². The van der Waals surface area contributed by atoms with Crippen LogP contribution in [0.3, 0.4) is 0 Å². The Hall–Kier alpha value is -1.13. The molecule has 0 aliphatic rings. The van der Waals surface area contributed by atoms with Crippen LogP contribution in [-0.4, -0.2) is 37.0 Å². The molecular formula is C34H64O4. The van der Waals surface area contributed by atoms with Gasteiger partial charge in [-0.25, -0.2) is 0 Å². The molecule has 0 aliphatic carbocycles. The fourth-order valence-electron chi connectivity index (χ4n) is 4.50. The number of hydrogen-bond donors (Lipinski definition) is 1. The van der Waals surface area contributed by atoms with Gasteiger partial charge in [-0.15, -0.1) is 0 Å². The van der Waals surface area contributed by atoms with E-state index in [2.05, 4.69) is 38.2 Å². The average molecular weight is 537 g/mol. The molecule has 0 saturated heterocycles.